The van der Waals surface area contributed by atoms with Crippen molar-refractivity contribution < 1.29 is 18.0 Å². The van der Waals surface area contributed by atoms with Crippen LogP contribution in [0.4, 0.5) is 13.2 Å². The van der Waals surface area contributed by atoms with E-state index in [0.717, 1.165) is 16.9 Å². The molecular formula is C21H27F3N4O2. The number of likely N-dealkylation sites (N-methyl/N-ethyl adjacent to an activating group) is 1. The molecule has 0 radical (unpaired) electrons. The third-order valence-corrected chi connectivity index (χ3v) is 5.45. The second-order valence-electron chi connectivity index (χ2n) is 8.29. The van der Waals surface area contributed by atoms with E-state index in [0.29, 0.717) is 18.7 Å². The van der Waals surface area contributed by atoms with Crippen LogP contribution in [0.3, 0.4) is 0 Å². The first-order chi connectivity index (χ1) is 13.9. The Morgan fingerprint density at radius 2 is 1.83 bits per heavy atom. The average molecular weight is 424 g/mol. The fraction of sp³-hybridized carbons (Fsp3) is 0.524. The molecule has 6 nitrogen and oxygen atoms in total. The summed E-state index contributed by atoms with van der Waals surface area (Å²) in [6.45, 7) is 6.89. The molecule has 0 atom stereocenters. The molecule has 164 valence electrons. The van der Waals surface area contributed by atoms with Gasteiger partial charge in [-0.25, -0.2) is 4.79 Å². The van der Waals surface area contributed by atoms with E-state index in [9.17, 15) is 22.8 Å². The fourth-order valence-corrected chi connectivity index (χ4v) is 3.66. The number of hydrogen-bond acceptors (Lipinski definition) is 3. The number of carbonyl (C=O) groups is 1. The van der Waals surface area contributed by atoms with E-state index < -0.39 is 23.0 Å². The smallest absolute Gasteiger partial charge is 0.343 e. The molecule has 0 aromatic carbocycles. The monoisotopic (exact) mass is 424 g/mol. The lowest BCUT2D eigenvalue weighted by Crippen LogP contribution is -2.48. The number of imidazole rings is 1. The molecule has 9 heteroatoms. The number of amides is 1. The van der Waals surface area contributed by atoms with Crippen molar-refractivity contribution in [2.45, 2.75) is 45.5 Å². The number of rotatable bonds is 5. The maximum absolute atomic E-state index is 13.8. The van der Waals surface area contributed by atoms with Crippen molar-refractivity contribution in [2.75, 3.05) is 26.7 Å². The number of halogens is 3. The number of nitrogens with zero attached hydrogens (tertiary/aromatic N) is 4. The molecule has 30 heavy (non-hydrogen) atoms. The van der Waals surface area contributed by atoms with Crippen LogP contribution in [-0.4, -0.2) is 51.4 Å². The Morgan fingerprint density at radius 3 is 2.43 bits per heavy atom. The zero-order valence-corrected chi connectivity index (χ0v) is 17.7. The van der Waals surface area contributed by atoms with Crippen molar-refractivity contribution in [3.8, 4) is 0 Å². The molecule has 2 aromatic heterocycles. The summed E-state index contributed by atoms with van der Waals surface area (Å²) in [7, 11) is 1.70. The number of piperazine rings is 1. The van der Waals surface area contributed by atoms with Gasteiger partial charge in [0.25, 0.3) is 0 Å². The van der Waals surface area contributed by atoms with Crippen molar-refractivity contribution in [3.63, 3.8) is 0 Å². The van der Waals surface area contributed by atoms with E-state index in [1.165, 1.54) is 17.0 Å². The van der Waals surface area contributed by atoms with Gasteiger partial charge < -0.3 is 4.90 Å². The number of fused-ring (bicyclic) bond motifs is 1. The summed E-state index contributed by atoms with van der Waals surface area (Å²) in [5.74, 6) is -0.0776. The first-order valence-electron chi connectivity index (χ1n) is 9.92. The maximum Gasteiger partial charge on any atom is 0.418 e. The Kier molecular flexibility index (Phi) is 5.86. The Morgan fingerprint density at radius 1 is 1.13 bits per heavy atom. The van der Waals surface area contributed by atoms with Gasteiger partial charge in [0.1, 0.15) is 0 Å². The van der Waals surface area contributed by atoms with Gasteiger partial charge >= 0.3 is 11.9 Å². The predicted octanol–water partition coefficient (Wildman–Crippen LogP) is 3.10. The molecule has 0 N–H and O–H groups in total. The average Bonchev–Trinajstić information content (AvgIpc) is 2.99. The molecule has 3 heterocycles. The molecule has 0 aliphatic carbocycles. The summed E-state index contributed by atoms with van der Waals surface area (Å²) >= 11 is 0. The molecule has 1 fully saturated rings. The maximum atomic E-state index is 13.8. The minimum Gasteiger partial charge on any atom is -0.343 e. The van der Waals surface area contributed by atoms with Gasteiger partial charge in [-0.15, -0.1) is 0 Å². The van der Waals surface area contributed by atoms with Crippen molar-refractivity contribution in [2.24, 2.45) is 0 Å². The number of aromatic nitrogens is 2. The Hall–Kier alpha value is -2.55. The van der Waals surface area contributed by atoms with Crippen LogP contribution >= 0.6 is 0 Å². The number of hydrogen-bond donors (Lipinski definition) is 0. The normalized spacial score (nSPS) is 16.9. The lowest BCUT2D eigenvalue weighted by atomic mass is 10.0. The van der Waals surface area contributed by atoms with E-state index in [-0.39, 0.29) is 24.5 Å². The number of alkyl halides is 3. The molecule has 0 unspecified atom stereocenters. The van der Waals surface area contributed by atoms with Crippen LogP contribution in [0.2, 0.25) is 0 Å². The van der Waals surface area contributed by atoms with Crippen molar-refractivity contribution in [1.82, 2.24) is 18.8 Å². The standard InChI is InChI=1S/C21H27F3N4O2/c1-5-6-7-20(2,3)28-13-17-16(21(22,23)24)10-15(12-27(17)19(28)30)11-26-9-8-25(4)18(29)14-26/h6-7,10,12-13H,5,8-9,11,14H2,1-4H3/b7-6-. The van der Waals surface area contributed by atoms with E-state index in [1.54, 1.807) is 30.7 Å². The van der Waals surface area contributed by atoms with Crippen LogP contribution in [-0.2, 0) is 23.1 Å². The van der Waals surface area contributed by atoms with Gasteiger partial charge in [0.15, 0.2) is 0 Å². The Balaban J connectivity index is 2.09. The lowest BCUT2D eigenvalue weighted by Gasteiger charge is -2.32. The topological polar surface area (TPSA) is 50.0 Å². The van der Waals surface area contributed by atoms with Crippen molar-refractivity contribution in [3.05, 3.63) is 52.2 Å². The summed E-state index contributed by atoms with van der Waals surface area (Å²) in [5.41, 5.74) is -1.99. The SMILES string of the molecule is CC/C=C\C(C)(C)n1cc2c(C(F)(F)F)cc(CN3CCN(C)C(=O)C3)cn2c1=O. The van der Waals surface area contributed by atoms with E-state index in [2.05, 4.69) is 0 Å². The van der Waals surface area contributed by atoms with Gasteiger partial charge in [0.05, 0.1) is 23.2 Å². The molecule has 0 spiro atoms. The second-order valence-corrected chi connectivity index (χ2v) is 8.29. The predicted molar refractivity (Wildman–Crippen MR) is 108 cm³/mol. The molecule has 0 saturated carbocycles. The number of carbonyl (C=O) groups excluding carboxylic acids is 1. The van der Waals surface area contributed by atoms with Gasteiger partial charge in [-0.1, -0.05) is 19.1 Å². The number of allylic oxidation sites excluding steroid dienone is 2. The zero-order valence-electron chi connectivity index (χ0n) is 17.7. The molecule has 1 amide bonds. The van der Waals surface area contributed by atoms with Gasteiger partial charge in [0.2, 0.25) is 5.91 Å². The van der Waals surface area contributed by atoms with Crippen LogP contribution in [0.15, 0.2) is 35.4 Å². The van der Waals surface area contributed by atoms with Gasteiger partial charge in [-0.3, -0.25) is 18.7 Å². The first kappa shape index (κ1) is 22.1. The highest BCUT2D eigenvalue weighted by Crippen LogP contribution is 2.34. The summed E-state index contributed by atoms with van der Waals surface area (Å²) in [4.78, 5) is 28.3. The van der Waals surface area contributed by atoms with Crippen LogP contribution in [0.1, 0.15) is 38.3 Å². The zero-order chi connectivity index (χ0) is 22.3. The first-order valence-corrected chi connectivity index (χ1v) is 9.92. The molecule has 2 aromatic rings. The molecular weight excluding hydrogens is 397 g/mol. The Labute approximate surface area is 173 Å². The van der Waals surface area contributed by atoms with Gasteiger partial charge in [-0.05, 0) is 31.9 Å². The molecule has 1 saturated heterocycles. The summed E-state index contributed by atoms with van der Waals surface area (Å²) in [6.07, 6.45) is 2.57. The van der Waals surface area contributed by atoms with Gasteiger partial charge in [0, 0.05) is 39.1 Å². The molecule has 1 aliphatic heterocycles. The lowest BCUT2D eigenvalue weighted by molar-refractivity contribution is -0.137. The summed E-state index contributed by atoms with van der Waals surface area (Å²) in [5, 5.41) is 0. The Bertz CT molecular complexity index is 1030. The van der Waals surface area contributed by atoms with Crippen molar-refractivity contribution in [1.29, 1.82) is 0 Å². The van der Waals surface area contributed by atoms with E-state index in [4.69, 9.17) is 0 Å². The third kappa shape index (κ3) is 4.30. The summed E-state index contributed by atoms with van der Waals surface area (Å²) in [6, 6.07) is 1.08. The quantitative estimate of drug-likeness (QED) is 0.694. The highest BCUT2D eigenvalue weighted by atomic mass is 19.4. The fourth-order valence-electron chi connectivity index (χ4n) is 3.66. The molecule has 0 bridgehead atoms. The number of pyridine rings is 1. The minimum atomic E-state index is -4.61. The molecule has 3 rings (SSSR count). The van der Waals surface area contributed by atoms with Crippen molar-refractivity contribution >= 4 is 11.4 Å². The third-order valence-electron chi connectivity index (χ3n) is 5.45. The second kappa shape index (κ2) is 7.94. The highest BCUT2D eigenvalue weighted by Gasteiger charge is 2.35. The van der Waals surface area contributed by atoms with Crippen LogP contribution in [0, 0.1) is 0 Å². The largest absolute Gasteiger partial charge is 0.418 e. The minimum absolute atomic E-state index is 0.0776. The molecule has 1 aliphatic rings. The summed E-state index contributed by atoms with van der Waals surface area (Å²) < 4.78 is 43.8. The van der Waals surface area contributed by atoms with Gasteiger partial charge in [-0.2, -0.15) is 13.2 Å². The highest BCUT2D eigenvalue weighted by molar-refractivity contribution is 5.78. The van der Waals surface area contributed by atoms with Crippen LogP contribution in [0.5, 0.6) is 0 Å². The van der Waals surface area contributed by atoms with Crippen LogP contribution < -0.4 is 5.69 Å². The van der Waals surface area contributed by atoms with Crippen LogP contribution in [0.25, 0.3) is 5.52 Å². The van der Waals surface area contributed by atoms with E-state index in [1.807, 2.05) is 19.1 Å². The van der Waals surface area contributed by atoms with E-state index >= 15 is 0 Å².